The third kappa shape index (κ3) is 4.05. The lowest BCUT2D eigenvalue weighted by Gasteiger charge is -2.21. The maximum absolute atomic E-state index is 13.3. The van der Waals surface area contributed by atoms with Gasteiger partial charge in [0.25, 0.3) is 5.91 Å². The summed E-state index contributed by atoms with van der Waals surface area (Å²) in [6.07, 6.45) is 2.17. The first-order valence-electron chi connectivity index (χ1n) is 9.97. The quantitative estimate of drug-likeness (QED) is 0.670. The van der Waals surface area contributed by atoms with Crippen molar-refractivity contribution in [2.24, 2.45) is 0 Å². The Kier molecular flexibility index (Phi) is 5.52. The smallest absolute Gasteiger partial charge is 0.259 e. The van der Waals surface area contributed by atoms with Crippen molar-refractivity contribution in [1.29, 1.82) is 0 Å². The molecule has 154 valence electrons. The number of hydrogen-bond donors (Lipinski definition) is 2. The SMILES string of the molecule is COc1ccc(NC(C)=O)cc1NC(=O)c1cc2ccccc2nc1N1CCCC1. The highest BCUT2D eigenvalue weighted by molar-refractivity contribution is 6.10. The van der Waals surface area contributed by atoms with Crippen LogP contribution in [0.3, 0.4) is 0 Å². The molecule has 30 heavy (non-hydrogen) atoms. The Labute approximate surface area is 175 Å². The van der Waals surface area contributed by atoms with Gasteiger partial charge in [-0.15, -0.1) is 0 Å². The lowest BCUT2D eigenvalue weighted by molar-refractivity contribution is -0.114. The summed E-state index contributed by atoms with van der Waals surface area (Å²) < 4.78 is 5.39. The Morgan fingerprint density at radius 2 is 1.80 bits per heavy atom. The molecule has 2 heterocycles. The second kappa shape index (κ2) is 8.41. The topological polar surface area (TPSA) is 83.6 Å². The van der Waals surface area contributed by atoms with Crippen LogP contribution in [0.5, 0.6) is 5.75 Å². The first-order valence-corrected chi connectivity index (χ1v) is 9.97. The number of aromatic nitrogens is 1. The first kappa shape index (κ1) is 19.7. The number of anilines is 3. The molecule has 0 bridgehead atoms. The largest absolute Gasteiger partial charge is 0.495 e. The van der Waals surface area contributed by atoms with Gasteiger partial charge in [-0.3, -0.25) is 9.59 Å². The molecule has 4 rings (SSSR count). The van der Waals surface area contributed by atoms with Crippen LogP contribution in [0.15, 0.2) is 48.5 Å². The number of rotatable bonds is 5. The van der Waals surface area contributed by atoms with Gasteiger partial charge in [0.2, 0.25) is 5.91 Å². The molecule has 1 aromatic heterocycles. The molecule has 0 aliphatic carbocycles. The first-order chi connectivity index (χ1) is 14.5. The number of carbonyl (C=O) groups excluding carboxylic acids is 2. The fourth-order valence-corrected chi connectivity index (χ4v) is 3.72. The van der Waals surface area contributed by atoms with E-state index in [1.54, 1.807) is 18.2 Å². The van der Waals surface area contributed by atoms with E-state index < -0.39 is 0 Å². The summed E-state index contributed by atoms with van der Waals surface area (Å²) in [6.45, 7) is 3.20. The average molecular weight is 404 g/mol. The Bertz CT molecular complexity index is 1110. The standard InChI is InChI=1S/C23H24N4O3/c1-15(28)24-17-9-10-21(30-2)20(14-17)26-23(29)18-13-16-7-3-4-8-19(16)25-22(18)27-11-5-6-12-27/h3-4,7-10,13-14H,5-6,11-12H2,1-2H3,(H,24,28)(H,26,29). The number of ether oxygens (including phenoxy) is 1. The van der Waals surface area contributed by atoms with Crippen molar-refractivity contribution in [2.75, 3.05) is 35.7 Å². The van der Waals surface area contributed by atoms with E-state index >= 15 is 0 Å². The van der Waals surface area contributed by atoms with Crippen molar-refractivity contribution in [3.63, 3.8) is 0 Å². The molecule has 0 radical (unpaired) electrons. The molecule has 1 saturated heterocycles. The van der Waals surface area contributed by atoms with Gasteiger partial charge in [-0.2, -0.15) is 0 Å². The molecule has 1 aliphatic rings. The molecule has 7 heteroatoms. The lowest BCUT2D eigenvalue weighted by atomic mass is 10.1. The third-order valence-corrected chi connectivity index (χ3v) is 5.12. The summed E-state index contributed by atoms with van der Waals surface area (Å²) in [5, 5.41) is 6.57. The van der Waals surface area contributed by atoms with Gasteiger partial charge in [0.15, 0.2) is 0 Å². The van der Waals surface area contributed by atoms with Gasteiger partial charge in [-0.25, -0.2) is 4.98 Å². The monoisotopic (exact) mass is 404 g/mol. The number of hydrogen-bond acceptors (Lipinski definition) is 5. The summed E-state index contributed by atoms with van der Waals surface area (Å²) in [6, 6.07) is 14.8. The number of amides is 2. The van der Waals surface area contributed by atoms with Gasteiger partial charge in [0, 0.05) is 31.1 Å². The van der Waals surface area contributed by atoms with Crippen LogP contribution in [0.2, 0.25) is 0 Å². The fraction of sp³-hybridized carbons (Fsp3) is 0.261. The van der Waals surface area contributed by atoms with Crippen molar-refractivity contribution in [3.8, 4) is 5.75 Å². The molecule has 7 nitrogen and oxygen atoms in total. The Morgan fingerprint density at radius 3 is 2.53 bits per heavy atom. The molecule has 0 atom stereocenters. The normalized spacial score (nSPS) is 13.3. The van der Waals surface area contributed by atoms with Crippen LogP contribution in [0.4, 0.5) is 17.2 Å². The Morgan fingerprint density at radius 1 is 1.03 bits per heavy atom. The van der Waals surface area contributed by atoms with Crippen molar-refractivity contribution < 1.29 is 14.3 Å². The second-order valence-corrected chi connectivity index (χ2v) is 7.30. The predicted octanol–water partition coefficient (Wildman–Crippen LogP) is 4.05. The molecular weight excluding hydrogens is 380 g/mol. The maximum atomic E-state index is 13.3. The highest BCUT2D eigenvalue weighted by atomic mass is 16.5. The van der Waals surface area contributed by atoms with Crippen molar-refractivity contribution in [3.05, 3.63) is 54.1 Å². The molecule has 2 amide bonds. The van der Waals surface area contributed by atoms with E-state index in [1.807, 2.05) is 30.3 Å². The number of fused-ring (bicyclic) bond motifs is 1. The summed E-state index contributed by atoms with van der Waals surface area (Å²) in [5.41, 5.74) is 2.44. The van der Waals surface area contributed by atoms with E-state index in [2.05, 4.69) is 15.5 Å². The number of methoxy groups -OCH3 is 1. The van der Waals surface area contributed by atoms with Crippen LogP contribution in [-0.4, -0.2) is 37.0 Å². The van der Waals surface area contributed by atoms with E-state index in [9.17, 15) is 9.59 Å². The van der Waals surface area contributed by atoms with Crippen LogP contribution in [0, 0.1) is 0 Å². The number of nitrogens with one attached hydrogen (secondary N) is 2. The molecule has 2 aromatic carbocycles. The zero-order valence-electron chi connectivity index (χ0n) is 17.1. The molecule has 0 saturated carbocycles. The number of para-hydroxylation sites is 1. The van der Waals surface area contributed by atoms with Gasteiger partial charge in [0.1, 0.15) is 11.6 Å². The van der Waals surface area contributed by atoms with E-state index in [0.29, 0.717) is 28.5 Å². The highest BCUT2D eigenvalue weighted by Crippen LogP contribution is 2.31. The van der Waals surface area contributed by atoms with Gasteiger partial charge in [-0.05, 0) is 43.2 Å². The van der Waals surface area contributed by atoms with Crippen LogP contribution >= 0.6 is 0 Å². The van der Waals surface area contributed by atoms with Crippen molar-refractivity contribution >= 4 is 39.9 Å². The molecular formula is C23H24N4O3. The summed E-state index contributed by atoms with van der Waals surface area (Å²) >= 11 is 0. The molecule has 0 unspecified atom stereocenters. The zero-order valence-corrected chi connectivity index (χ0v) is 17.1. The average Bonchev–Trinajstić information content (AvgIpc) is 3.27. The van der Waals surface area contributed by atoms with E-state index in [4.69, 9.17) is 9.72 Å². The third-order valence-electron chi connectivity index (χ3n) is 5.12. The molecule has 1 aliphatic heterocycles. The molecule has 2 N–H and O–H groups in total. The van der Waals surface area contributed by atoms with Crippen LogP contribution in [0.25, 0.3) is 10.9 Å². The van der Waals surface area contributed by atoms with Gasteiger partial charge in [-0.1, -0.05) is 18.2 Å². The molecule has 3 aromatic rings. The number of pyridine rings is 1. The minimum Gasteiger partial charge on any atom is -0.495 e. The lowest BCUT2D eigenvalue weighted by Crippen LogP contribution is -2.24. The van der Waals surface area contributed by atoms with Gasteiger partial charge < -0.3 is 20.3 Å². The molecule has 1 fully saturated rings. The van der Waals surface area contributed by atoms with E-state index in [-0.39, 0.29) is 11.8 Å². The van der Waals surface area contributed by atoms with E-state index in [0.717, 1.165) is 36.8 Å². The van der Waals surface area contributed by atoms with Gasteiger partial charge in [0.05, 0.1) is 23.9 Å². The minimum absolute atomic E-state index is 0.188. The fourth-order valence-electron chi connectivity index (χ4n) is 3.72. The van der Waals surface area contributed by atoms with Crippen molar-refractivity contribution in [2.45, 2.75) is 19.8 Å². The maximum Gasteiger partial charge on any atom is 0.259 e. The van der Waals surface area contributed by atoms with Gasteiger partial charge >= 0.3 is 0 Å². The Hall–Kier alpha value is -3.61. The second-order valence-electron chi connectivity index (χ2n) is 7.30. The minimum atomic E-state index is -0.270. The summed E-state index contributed by atoms with van der Waals surface area (Å²) in [7, 11) is 1.54. The summed E-state index contributed by atoms with van der Waals surface area (Å²) in [5.74, 6) is 0.746. The predicted molar refractivity (Wildman–Crippen MR) is 118 cm³/mol. The molecule has 0 spiro atoms. The zero-order chi connectivity index (χ0) is 21.1. The summed E-state index contributed by atoms with van der Waals surface area (Å²) in [4.78, 5) is 31.7. The van der Waals surface area contributed by atoms with Crippen LogP contribution < -0.4 is 20.3 Å². The number of benzene rings is 2. The van der Waals surface area contributed by atoms with Crippen LogP contribution in [0.1, 0.15) is 30.1 Å². The van der Waals surface area contributed by atoms with Crippen LogP contribution in [-0.2, 0) is 4.79 Å². The number of nitrogens with zero attached hydrogens (tertiary/aromatic N) is 2. The van der Waals surface area contributed by atoms with Crippen molar-refractivity contribution in [1.82, 2.24) is 4.98 Å². The number of carbonyl (C=O) groups is 2. The highest BCUT2D eigenvalue weighted by Gasteiger charge is 2.23. The van der Waals surface area contributed by atoms with E-state index in [1.165, 1.54) is 14.0 Å². The Balaban J connectivity index is 1.72.